The van der Waals surface area contributed by atoms with E-state index in [2.05, 4.69) is 10.3 Å². The van der Waals surface area contributed by atoms with Crippen LogP contribution in [0.5, 0.6) is 0 Å². The van der Waals surface area contributed by atoms with Crippen LogP contribution in [0, 0.1) is 11.3 Å². The number of carbonyl (C=O) groups is 3. The molecule has 0 fully saturated rings. The summed E-state index contributed by atoms with van der Waals surface area (Å²) in [7, 11) is 3.88. The van der Waals surface area contributed by atoms with Gasteiger partial charge >= 0.3 is 12.1 Å². The van der Waals surface area contributed by atoms with Gasteiger partial charge in [-0.3, -0.25) is 9.59 Å². The Balaban J connectivity index is 1.77. The van der Waals surface area contributed by atoms with Crippen LogP contribution in [0.25, 0.3) is 10.9 Å². The number of carbonyl (C=O) groups excluding carboxylic acids is 3. The lowest BCUT2D eigenvalue weighted by atomic mass is 9.86. The maximum atomic E-state index is 14.6. The SMILES string of the molecule is CC(c1c[nH]c2ccccc12)C(NC(=O)C(OC(=O)C(F)(F)F)C(C)(C)C)C(=O)N1C[C@@H](CN(C)C)Cc2cc(Cl)ccc21. The summed E-state index contributed by atoms with van der Waals surface area (Å²) in [4.78, 5) is 47.0. The van der Waals surface area contributed by atoms with Crippen molar-refractivity contribution in [3.63, 3.8) is 0 Å². The standard InChI is InChI=1S/C32H38ClF3N4O4/c1-18(23-15-37-24-10-8-7-9-22(23)24)26(38-28(41)27(31(2,3)4)44-30(43)32(34,35)36)29(42)40-17-19(16-39(5)6)13-20-14-21(33)11-12-25(20)40/h7-12,14-15,18-19,26-27,37H,13,16-17H2,1-6H3,(H,38,41)/t18?,19-,26?,27?/m1/s1. The van der Waals surface area contributed by atoms with Crippen molar-refractivity contribution < 1.29 is 32.3 Å². The van der Waals surface area contributed by atoms with Gasteiger partial charge in [0.25, 0.3) is 5.91 Å². The first kappa shape index (κ1) is 33.3. The van der Waals surface area contributed by atoms with Crippen LogP contribution in [0.15, 0.2) is 48.7 Å². The van der Waals surface area contributed by atoms with Crippen LogP contribution >= 0.6 is 11.6 Å². The third kappa shape index (κ3) is 7.38. The van der Waals surface area contributed by atoms with Crippen molar-refractivity contribution in [2.45, 2.75) is 58.4 Å². The minimum Gasteiger partial charge on any atom is -0.445 e. The molecule has 0 saturated heterocycles. The zero-order chi connectivity index (χ0) is 32.6. The molecule has 2 amide bonds. The monoisotopic (exact) mass is 634 g/mol. The molecule has 44 heavy (non-hydrogen) atoms. The molecule has 2 heterocycles. The number of nitrogens with one attached hydrogen (secondary N) is 2. The summed E-state index contributed by atoms with van der Waals surface area (Å²) in [6.07, 6.45) is -4.68. The second-order valence-electron chi connectivity index (χ2n) is 12.8. The molecule has 0 radical (unpaired) electrons. The van der Waals surface area contributed by atoms with E-state index in [9.17, 15) is 27.6 Å². The van der Waals surface area contributed by atoms with E-state index in [1.807, 2.05) is 49.3 Å². The maximum Gasteiger partial charge on any atom is 0.490 e. The fraction of sp³-hybridized carbons (Fsp3) is 0.469. The van der Waals surface area contributed by atoms with Crippen LogP contribution in [0.3, 0.4) is 0 Å². The molecule has 8 nitrogen and oxygen atoms in total. The normalized spacial score (nSPS) is 17.6. The van der Waals surface area contributed by atoms with Gasteiger partial charge in [-0.2, -0.15) is 13.2 Å². The van der Waals surface area contributed by atoms with Gasteiger partial charge in [-0.1, -0.05) is 57.5 Å². The average molecular weight is 635 g/mol. The molecule has 4 rings (SSSR count). The summed E-state index contributed by atoms with van der Waals surface area (Å²) in [5, 5.41) is 4.06. The summed E-state index contributed by atoms with van der Waals surface area (Å²) in [5.41, 5.74) is 1.86. The molecule has 0 saturated carbocycles. The number of anilines is 1. The molecule has 1 aliphatic heterocycles. The first-order valence-corrected chi connectivity index (χ1v) is 14.7. The van der Waals surface area contributed by atoms with Gasteiger partial charge in [0.05, 0.1) is 0 Å². The van der Waals surface area contributed by atoms with Crippen molar-refractivity contribution in [3.05, 3.63) is 64.8 Å². The summed E-state index contributed by atoms with van der Waals surface area (Å²) in [6.45, 7) is 7.26. The van der Waals surface area contributed by atoms with Crippen molar-refractivity contribution in [3.8, 4) is 0 Å². The topological polar surface area (TPSA) is 94.7 Å². The van der Waals surface area contributed by atoms with Crippen LogP contribution in [-0.4, -0.2) is 73.2 Å². The third-order valence-corrected chi connectivity index (χ3v) is 8.06. The van der Waals surface area contributed by atoms with Gasteiger partial charge in [0.2, 0.25) is 5.91 Å². The Bertz CT molecular complexity index is 1530. The lowest BCUT2D eigenvalue weighted by molar-refractivity contribution is -0.209. The number of para-hydroxylation sites is 1. The molecule has 0 aliphatic carbocycles. The number of hydrogen-bond donors (Lipinski definition) is 2. The quantitative estimate of drug-likeness (QED) is 0.310. The first-order valence-electron chi connectivity index (χ1n) is 14.4. The number of halogens is 4. The van der Waals surface area contributed by atoms with E-state index in [0.29, 0.717) is 30.2 Å². The number of fused-ring (bicyclic) bond motifs is 2. The van der Waals surface area contributed by atoms with Crippen molar-refractivity contribution in [2.24, 2.45) is 11.3 Å². The van der Waals surface area contributed by atoms with Gasteiger partial charge in [0.15, 0.2) is 6.10 Å². The van der Waals surface area contributed by atoms with E-state index < -0.39 is 47.4 Å². The molecule has 3 unspecified atom stereocenters. The molecule has 1 aliphatic rings. The molecule has 0 bridgehead atoms. The van der Waals surface area contributed by atoms with Crippen molar-refractivity contribution in [1.29, 1.82) is 0 Å². The predicted octanol–water partition coefficient (Wildman–Crippen LogP) is 5.70. The highest BCUT2D eigenvalue weighted by Crippen LogP contribution is 2.36. The Morgan fingerprint density at radius 3 is 2.45 bits per heavy atom. The van der Waals surface area contributed by atoms with Crippen LogP contribution in [0.1, 0.15) is 44.7 Å². The number of benzene rings is 2. The van der Waals surface area contributed by atoms with Gasteiger partial charge in [-0.15, -0.1) is 0 Å². The van der Waals surface area contributed by atoms with Crippen LogP contribution < -0.4 is 10.2 Å². The minimum absolute atomic E-state index is 0.0507. The number of aromatic nitrogens is 1. The Hall–Kier alpha value is -3.57. The third-order valence-electron chi connectivity index (χ3n) is 7.83. The zero-order valence-electron chi connectivity index (χ0n) is 25.6. The summed E-state index contributed by atoms with van der Waals surface area (Å²) in [6, 6.07) is 11.5. The average Bonchev–Trinajstić information content (AvgIpc) is 3.35. The molecular weight excluding hydrogens is 597 g/mol. The lowest BCUT2D eigenvalue weighted by Gasteiger charge is -2.39. The van der Waals surface area contributed by atoms with E-state index in [4.69, 9.17) is 16.3 Å². The zero-order valence-corrected chi connectivity index (χ0v) is 26.3. The maximum absolute atomic E-state index is 14.6. The van der Waals surface area contributed by atoms with Crippen molar-refractivity contribution in [1.82, 2.24) is 15.2 Å². The van der Waals surface area contributed by atoms with Crippen LogP contribution in [-0.2, 0) is 25.5 Å². The van der Waals surface area contributed by atoms with Gasteiger partial charge in [0, 0.05) is 52.2 Å². The number of aromatic amines is 1. The van der Waals surface area contributed by atoms with E-state index in [-0.39, 0.29) is 5.92 Å². The highest BCUT2D eigenvalue weighted by molar-refractivity contribution is 6.30. The number of ether oxygens (including phenoxy) is 1. The number of hydrogen-bond acceptors (Lipinski definition) is 5. The second-order valence-corrected chi connectivity index (χ2v) is 13.2. The van der Waals surface area contributed by atoms with Gasteiger partial charge < -0.3 is 24.8 Å². The van der Waals surface area contributed by atoms with Gasteiger partial charge in [-0.25, -0.2) is 4.79 Å². The van der Waals surface area contributed by atoms with E-state index in [1.165, 1.54) is 20.8 Å². The molecule has 4 atom stereocenters. The lowest BCUT2D eigenvalue weighted by Crippen LogP contribution is -2.57. The number of alkyl halides is 3. The van der Waals surface area contributed by atoms with Gasteiger partial charge in [-0.05, 0) is 61.8 Å². The molecule has 238 valence electrons. The fourth-order valence-corrected chi connectivity index (χ4v) is 6.00. The molecule has 2 N–H and O–H groups in total. The molecule has 0 spiro atoms. The van der Waals surface area contributed by atoms with E-state index in [1.54, 1.807) is 30.2 Å². The summed E-state index contributed by atoms with van der Waals surface area (Å²) < 4.78 is 44.2. The molecule has 1 aromatic heterocycles. The molecule has 3 aromatic rings. The number of esters is 1. The second kappa shape index (κ2) is 12.8. The Morgan fingerprint density at radius 2 is 1.82 bits per heavy atom. The van der Waals surface area contributed by atoms with E-state index >= 15 is 0 Å². The Kier molecular flexibility index (Phi) is 9.70. The van der Waals surface area contributed by atoms with Crippen molar-refractivity contribution in [2.75, 3.05) is 32.1 Å². The number of nitrogens with zero attached hydrogens (tertiary/aromatic N) is 2. The van der Waals surface area contributed by atoms with E-state index in [0.717, 1.165) is 22.0 Å². The number of H-pyrrole nitrogens is 1. The largest absolute Gasteiger partial charge is 0.490 e. The first-order chi connectivity index (χ1) is 20.5. The van der Waals surface area contributed by atoms with Crippen molar-refractivity contribution >= 4 is 46.0 Å². The predicted molar refractivity (Wildman–Crippen MR) is 164 cm³/mol. The summed E-state index contributed by atoms with van der Waals surface area (Å²) in [5.74, 6) is -4.51. The van der Waals surface area contributed by atoms with Crippen LogP contribution in [0.2, 0.25) is 5.02 Å². The van der Waals surface area contributed by atoms with Gasteiger partial charge in [0.1, 0.15) is 6.04 Å². The minimum atomic E-state index is -5.30. The Morgan fingerprint density at radius 1 is 1.14 bits per heavy atom. The fourth-order valence-electron chi connectivity index (χ4n) is 5.81. The number of amides is 2. The highest BCUT2D eigenvalue weighted by Gasteiger charge is 2.47. The number of rotatable bonds is 8. The Labute approximate surface area is 259 Å². The summed E-state index contributed by atoms with van der Waals surface area (Å²) >= 11 is 6.32. The van der Waals surface area contributed by atoms with Crippen LogP contribution in [0.4, 0.5) is 18.9 Å². The smallest absolute Gasteiger partial charge is 0.445 e. The highest BCUT2D eigenvalue weighted by atomic mass is 35.5. The molecule has 12 heteroatoms. The molecule has 2 aromatic carbocycles. The molecular formula is C32H38ClF3N4O4.